The average molecular weight is 279 g/mol. The second kappa shape index (κ2) is 6.17. The van der Waals surface area contributed by atoms with Gasteiger partial charge in [-0.05, 0) is 38.5 Å². The van der Waals surface area contributed by atoms with Crippen LogP contribution in [0.25, 0.3) is 0 Å². The van der Waals surface area contributed by atoms with Crippen LogP contribution in [0.4, 0.5) is 5.95 Å². The quantitative estimate of drug-likeness (QED) is 0.736. The molecule has 1 aromatic heterocycles. The highest BCUT2D eigenvalue weighted by molar-refractivity contribution is 5.90. The molecule has 0 aromatic carbocycles. The Morgan fingerprint density at radius 2 is 2.30 bits per heavy atom. The Bertz CT molecular complexity index is 487. The van der Waals surface area contributed by atoms with Crippen molar-refractivity contribution in [1.29, 1.82) is 0 Å². The van der Waals surface area contributed by atoms with E-state index in [1.54, 1.807) is 13.8 Å². The van der Waals surface area contributed by atoms with E-state index in [4.69, 9.17) is 9.84 Å². The number of ether oxygens (including phenoxy) is 1. The van der Waals surface area contributed by atoms with Crippen LogP contribution >= 0.6 is 0 Å². The zero-order valence-corrected chi connectivity index (χ0v) is 12.0. The number of hydrogen-bond donors (Lipinski definition) is 2. The summed E-state index contributed by atoms with van der Waals surface area (Å²) >= 11 is 0. The van der Waals surface area contributed by atoms with Crippen molar-refractivity contribution < 1.29 is 14.6 Å². The lowest BCUT2D eigenvalue weighted by atomic mass is 10.0. The van der Waals surface area contributed by atoms with E-state index in [0.717, 1.165) is 25.8 Å². The Morgan fingerprint density at radius 3 is 2.85 bits per heavy atom. The van der Waals surface area contributed by atoms with Gasteiger partial charge in [-0.2, -0.15) is 0 Å². The van der Waals surface area contributed by atoms with Crippen molar-refractivity contribution in [2.45, 2.75) is 33.1 Å². The fourth-order valence-electron chi connectivity index (χ4n) is 2.16. The third kappa shape index (κ3) is 3.45. The summed E-state index contributed by atoms with van der Waals surface area (Å²) < 4.78 is 4.94. The average Bonchev–Trinajstić information content (AvgIpc) is 3.17. The van der Waals surface area contributed by atoms with Gasteiger partial charge >= 0.3 is 5.97 Å². The van der Waals surface area contributed by atoms with Crippen LogP contribution in [0.1, 0.15) is 42.2 Å². The number of aromatic nitrogens is 2. The summed E-state index contributed by atoms with van der Waals surface area (Å²) in [6.45, 7) is 4.83. The van der Waals surface area contributed by atoms with Gasteiger partial charge in [-0.25, -0.2) is 14.8 Å². The number of nitrogens with zero attached hydrogens (tertiary/aromatic N) is 2. The van der Waals surface area contributed by atoms with E-state index in [9.17, 15) is 4.79 Å². The van der Waals surface area contributed by atoms with Crippen molar-refractivity contribution in [2.75, 3.05) is 25.1 Å². The first-order valence-corrected chi connectivity index (χ1v) is 6.96. The second-order valence-corrected chi connectivity index (χ2v) is 5.24. The molecule has 0 aliphatic heterocycles. The predicted molar refractivity (Wildman–Crippen MR) is 74.6 cm³/mol. The third-order valence-corrected chi connectivity index (χ3v) is 3.70. The molecule has 20 heavy (non-hydrogen) atoms. The molecule has 0 unspecified atom stereocenters. The fourth-order valence-corrected chi connectivity index (χ4v) is 2.16. The topological polar surface area (TPSA) is 84.3 Å². The van der Waals surface area contributed by atoms with Crippen LogP contribution in [0, 0.1) is 12.3 Å². The molecule has 1 heterocycles. The van der Waals surface area contributed by atoms with E-state index < -0.39 is 5.97 Å². The maximum absolute atomic E-state index is 11.6. The minimum Gasteiger partial charge on any atom is -0.462 e. The van der Waals surface area contributed by atoms with Gasteiger partial charge in [0.05, 0.1) is 17.9 Å². The van der Waals surface area contributed by atoms with Gasteiger partial charge in [0.25, 0.3) is 0 Å². The lowest BCUT2D eigenvalue weighted by Crippen LogP contribution is -2.19. The standard InChI is InChI=1S/C14H21N3O3/c1-3-20-12(19)11-8-15-13(17-10(11)2)16-9-14(4-5-14)6-7-18/h8,18H,3-7,9H2,1-2H3,(H,15,16,17). The molecule has 1 aliphatic rings. The monoisotopic (exact) mass is 279 g/mol. The van der Waals surface area contributed by atoms with Gasteiger partial charge in [-0.1, -0.05) is 0 Å². The molecule has 2 rings (SSSR count). The van der Waals surface area contributed by atoms with Gasteiger partial charge in [-0.15, -0.1) is 0 Å². The van der Waals surface area contributed by atoms with E-state index in [1.165, 1.54) is 6.20 Å². The second-order valence-electron chi connectivity index (χ2n) is 5.24. The Hall–Kier alpha value is -1.69. The maximum atomic E-state index is 11.6. The highest BCUT2D eigenvalue weighted by Gasteiger charge is 2.41. The van der Waals surface area contributed by atoms with Crippen LogP contribution in [0.3, 0.4) is 0 Å². The molecule has 1 aliphatic carbocycles. The minimum absolute atomic E-state index is 0.200. The van der Waals surface area contributed by atoms with E-state index in [1.807, 2.05) is 0 Å². The Kier molecular flexibility index (Phi) is 4.54. The molecular formula is C14H21N3O3. The van der Waals surface area contributed by atoms with Crippen molar-refractivity contribution >= 4 is 11.9 Å². The molecule has 2 N–H and O–H groups in total. The predicted octanol–water partition coefficient (Wildman–Crippen LogP) is 1.54. The number of hydrogen-bond acceptors (Lipinski definition) is 6. The van der Waals surface area contributed by atoms with Crippen LogP contribution in [0.2, 0.25) is 0 Å². The van der Waals surface area contributed by atoms with Gasteiger partial charge in [0.15, 0.2) is 0 Å². The summed E-state index contributed by atoms with van der Waals surface area (Å²) in [7, 11) is 0. The summed E-state index contributed by atoms with van der Waals surface area (Å²) in [6.07, 6.45) is 4.55. The molecule has 1 fully saturated rings. The zero-order valence-electron chi connectivity index (χ0n) is 12.0. The minimum atomic E-state index is -0.393. The third-order valence-electron chi connectivity index (χ3n) is 3.70. The Labute approximate surface area is 118 Å². The number of nitrogens with one attached hydrogen (secondary N) is 1. The van der Waals surface area contributed by atoms with E-state index in [2.05, 4.69) is 15.3 Å². The molecule has 0 saturated heterocycles. The molecule has 1 saturated carbocycles. The number of anilines is 1. The van der Waals surface area contributed by atoms with Crippen LogP contribution in [-0.4, -0.2) is 40.8 Å². The number of esters is 1. The molecule has 0 bridgehead atoms. The Balaban J connectivity index is 1.97. The summed E-state index contributed by atoms with van der Waals surface area (Å²) in [5.41, 5.74) is 1.20. The zero-order chi connectivity index (χ0) is 14.6. The van der Waals surface area contributed by atoms with Crippen LogP contribution in [-0.2, 0) is 4.74 Å². The van der Waals surface area contributed by atoms with Gasteiger partial charge in [0.1, 0.15) is 0 Å². The SMILES string of the molecule is CCOC(=O)c1cnc(NCC2(CCO)CC2)nc1C. The first-order chi connectivity index (χ1) is 9.60. The normalized spacial score (nSPS) is 15.8. The fraction of sp³-hybridized carbons (Fsp3) is 0.643. The van der Waals surface area contributed by atoms with Gasteiger partial charge in [-0.3, -0.25) is 0 Å². The molecule has 6 heteroatoms. The Morgan fingerprint density at radius 1 is 1.55 bits per heavy atom. The molecule has 110 valence electrons. The molecule has 0 amide bonds. The first-order valence-electron chi connectivity index (χ1n) is 6.96. The van der Waals surface area contributed by atoms with Crippen molar-refractivity contribution in [1.82, 2.24) is 9.97 Å². The van der Waals surface area contributed by atoms with Crippen molar-refractivity contribution in [2.24, 2.45) is 5.41 Å². The molecule has 0 radical (unpaired) electrons. The van der Waals surface area contributed by atoms with Gasteiger partial charge in [0, 0.05) is 19.3 Å². The lowest BCUT2D eigenvalue weighted by Gasteiger charge is -2.15. The van der Waals surface area contributed by atoms with Crippen LogP contribution in [0.5, 0.6) is 0 Å². The number of carbonyl (C=O) groups is 1. The highest BCUT2D eigenvalue weighted by Crippen LogP contribution is 2.48. The number of aliphatic hydroxyl groups excluding tert-OH is 1. The summed E-state index contributed by atoms with van der Waals surface area (Å²) in [4.78, 5) is 20.1. The number of aryl methyl sites for hydroxylation is 1. The number of carbonyl (C=O) groups excluding carboxylic acids is 1. The summed E-state index contributed by atoms with van der Waals surface area (Å²) in [5, 5.41) is 12.2. The van der Waals surface area contributed by atoms with Crippen LogP contribution < -0.4 is 5.32 Å². The van der Waals surface area contributed by atoms with E-state index >= 15 is 0 Å². The van der Waals surface area contributed by atoms with Gasteiger partial charge < -0.3 is 15.2 Å². The molecular weight excluding hydrogens is 258 g/mol. The first kappa shape index (κ1) is 14.7. The van der Waals surface area contributed by atoms with Crippen molar-refractivity contribution in [3.63, 3.8) is 0 Å². The number of aliphatic hydroxyl groups is 1. The maximum Gasteiger partial charge on any atom is 0.341 e. The smallest absolute Gasteiger partial charge is 0.341 e. The van der Waals surface area contributed by atoms with E-state index in [-0.39, 0.29) is 12.0 Å². The lowest BCUT2D eigenvalue weighted by molar-refractivity contribution is 0.0524. The number of rotatable bonds is 7. The highest BCUT2D eigenvalue weighted by atomic mass is 16.5. The summed E-state index contributed by atoms with van der Waals surface area (Å²) in [6, 6.07) is 0. The molecule has 0 spiro atoms. The largest absolute Gasteiger partial charge is 0.462 e. The van der Waals surface area contributed by atoms with Crippen LogP contribution in [0.15, 0.2) is 6.20 Å². The molecule has 1 aromatic rings. The van der Waals surface area contributed by atoms with E-state index in [0.29, 0.717) is 23.8 Å². The van der Waals surface area contributed by atoms with Crippen molar-refractivity contribution in [3.05, 3.63) is 17.5 Å². The summed E-state index contributed by atoms with van der Waals surface area (Å²) in [5.74, 6) is 0.121. The van der Waals surface area contributed by atoms with Crippen molar-refractivity contribution in [3.8, 4) is 0 Å². The molecule has 0 atom stereocenters. The van der Waals surface area contributed by atoms with Gasteiger partial charge in [0.2, 0.25) is 5.95 Å². The molecule has 6 nitrogen and oxygen atoms in total.